The topological polar surface area (TPSA) is 62.2 Å². The minimum absolute atomic E-state index is 0.125. The summed E-state index contributed by atoms with van der Waals surface area (Å²) in [6.45, 7) is 7.05. The third kappa shape index (κ3) is 5.19. The zero-order chi connectivity index (χ0) is 18.4. The molecule has 0 N–H and O–H groups in total. The van der Waals surface area contributed by atoms with E-state index in [2.05, 4.69) is 15.0 Å². The Morgan fingerprint density at radius 2 is 1.76 bits per heavy atom. The molecule has 25 heavy (non-hydrogen) atoms. The van der Waals surface area contributed by atoms with Gasteiger partial charge in [0.1, 0.15) is 5.82 Å². The molecular formula is C19H25N5O. The maximum absolute atomic E-state index is 12.7. The van der Waals surface area contributed by atoms with Gasteiger partial charge in [-0.25, -0.2) is 9.97 Å². The van der Waals surface area contributed by atoms with Crippen molar-refractivity contribution >= 4 is 17.8 Å². The summed E-state index contributed by atoms with van der Waals surface area (Å²) in [5, 5.41) is 0. The molecule has 1 amide bonds. The highest BCUT2D eigenvalue weighted by Gasteiger charge is 2.14. The van der Waals surface area contributed by atoms with E-state index in [-0.39, 0.29) is 5.91 Å². The molecule has 6 heteroatoms. The van der Waals surface area contributed by atoms with Crippen molar-refractivity contribution in [2.45, 2.75) is 20.8 Å². The number of aryl methyl sites for hydroxylation is 3. The predicted octanol–water partition coefficient (Wildman–Crippen LogP) is 2.40. The first-order chi connectivity index (χ1) is 11.9. The van der Waals surface area contributed by atoms with Gasteiger partial charge in [0.25, 0.3) is 5.91 Å². The lowest BCUT2D eigenvalue weighted by molar-refractivity contribution is -0.114. The number of likely N-dealkylation sites (N-methyl/N-ethyl adjacent to an activating group) is 1. The van der Waals surface area contributed by atoms with Crippen molar-refractivity contribution in [3.05, 3.63) is 53.2 Å². The average molecular weight is 339 g/mol. The summed E-state index contributed by atoms with van der Waals surface area (Å²) in [7, 11) is 3.95. The molecule has 2 heterocycles. The van der Waals surface area contributed by atoms with Gasteiger partial charge in [0.15, 0.2) is 0 Å². The van der Waals surface area contributed by atoms with Crippen LogP contribution in [0.3, 0.4) is 0 Å². The third-order valence-corrected chi connectivity index (χ3v) is 3.86. The monoisotopic (exact) mass is 339 g/mol. The van der Waals surface area contributed by atoms with Gasteiger partial charge in [0, 0.05) is 25.4 Å². The number of carbonyl (C=O) groups is 1. The van der Waals surface area contributed by atoms with Crippen LogP contribution in [-0.2, 0) is 4.79 Å². The Morgan fingerprint density at radius 1 is 1.04 bits per heavy atom. The van der Waals surface area contributed by atoms with Crippen LogP contribution in [-0.4, -0.2) is 52.9 Å². The first-order valence-corrected chi connectivity index (χ1v) is 8.25. The zero-order valence-corrected chi connectivity index (χ0v) is 15.5. The maximum atomic E-state index is 12.7. The van der Waals surface area contributed by atoms with Gasteiger partial charge < -0.3 is 4.90 Å². The van der Waals surface area contributed by atoms with Gasteiger partial charge in [0.05, 0.1) is 22.8 Å². The number of rotatable bonds is 6. The van der Waals surface area contributed by atoms with Crippen molar-refractivity contribution in [3.63, 3.8) is 0 Å². The number of nitrogens with zero attached hydrogens (tertiary/aromatic N) is 5. The standard InChI is InChI=1S/C19H25N5O/c1-14-15(2)22-17(16(3)21-14)9-10-19(25)24(13-12-23(4)5)18-8-6-7-11-20-18/h6-11H,12-13H2,1-5H3/b10-9+. The fourth-order valence-corrected chi connectivity index (χ4v) is 2.28. The fourth-order valence-electron chi connectivity index (χ4n) is 2.28. The van der Waals surface area contributed by atoms with Gasteiger partial charge in [-0.1, -0.05) is 6.07 Å². The van der Waals surface area contributed by atoms with Crippen LogP contribution in [0.2, 0.25) is 0 Å². The van der Waals surface area contributed by atoms with E-state index >= 15 is 0 Å². The van der Waals surface area contributed by atoms with Crippen molar-refractivity contribution in [1.82, 2.24) is 19.9 Å². The summed E-state index contributed by atoms with van der Waals surface area (Å²) in [5.41, 5.74) is 3.30. The fraction of sp³-hybridized carbons (Fsp3) is 0.368. The van der Waals surface area contributed by atoms with Gasteiger partial charge >= 0.3 is 0 Å². The van der Waals surface area contributed by atoms with Crippen LogP contribution in [0, 0.1) is 20.8 Å². The van der Waals surface area contributed by atoms with E-state index in [1.807, 2.05) is 58.0 Å². The second-order valence-corrected chi connectivity index (χ2v) is 6.18. The number of amides is 1. The number of anilines is 1. The molecule has 0 saturated heterocycles. The molecule has 0 fully saturated rings. The molecule has 0 bridgehead atoms. The van der Waals surface area contributed by atoms with Gasteiger partial charge in [-0.05, 0) is 53.1 Å². The Bertz CT molecular complexity index is 756. The first-order valence-electron chi connectivity index (χ1n) is 8.25. The van der Waals surface area contributed by atoms with Crippen molar-refractivity contribution in [2.24, 2.45) is 0 Å². The molecule has 0 spiro atoms. The summed E-state index contributed by atoms with van der Waals surface area (Å²) >= 11 is 0. The molecular weight excluding hydrogens is 314 g/mol. The van der Waals surface area contributed by atoms with Gasteiger partial charge in [-0.15, -0.1) is 0 Å². The molecule has 2 aromatic heterocycles. The highest BCUT2D eigenvalue weighted by Crippen LogP contribution is 2.12. The molecule has 2 rings (SSSR count). The second-order valence-electron chi connectivity index (χ2n) is 6.18. The zero-order valence-electron chi connectivity index (χ0n) is 15.5. The Morgan fingerprint density at radius 3 is 2.40 bits per heavy atom. The van der Waals surface area contributed by atoms with Gasteiger partial charge in [0.2, 0.25) is 0 Å². The Hall–Kier alpha value is -2.60. The molecule has 0 unspecified atom stereocenters. The van der Waals surface area contributed by atoms with Crippen LogP contribution in [0.15, 0.2) is 30.5 Å². The second kappa shape index (κ2) is 8.48. The quantitative estimate of drug-likeness (QED) is 0.756. The number of pyridine rings is 1. The van der Waals surface area contributed by atoms with Gasteiger partial charge in [-0.2, -0.15) is 0 Å². The van der Waals surface area contributed by atoms with E-state index in [4.69, 9.17) is 0 Å². The number of aromatic nitrogens is 3. The summed E-state index contributed by atoms with van der Waals surface area (Å²) in [6.07, 6.45) is 4.95. The van der Waals surface area contributed by atoms with Crippen molar-refractivity contribution < 1.29 is 4.79 Å². The summed E-state index contributed by atoms with van der Waals surface area (Å²) in [5.74, 6) is 0.516. The average Bonchev–Trinajstić information content (AvgIpc) is 2.58. The number of hydrogen-bond donors (Lipinski definition) is 0. The minimum Gasteiger partial charge on any atom is -0.308 e. The molecule has 6 nitrogen and oxygen atoms in total. The summed E-state index contributed by atoms with van der Waals surface area (Å²) in [4.78, 5) is 29.7. The Labute approximate surface area is 149 Å². The van der Waals surface area contributed by atoms with Crippen LogP contribution in [0.4, 0.5) is 5.82 Å². The van der Waals surface area contributed by atoms with Gasteiger partial charge in [-0.3, -0.25) is 14.7 Å². The van der Waals surface area contributed by atoms with Crippen molar-refractivity contribution in [3.8, 4) is 0 Å². The van der Waals surface area contributed by atoms with Crippen molar-refractivity contribution in [2.75, 3.05) is 32.1 Å². The van der Waals surface area contributed by atoms with E-state index in [1.165, 1.54) is 6.08 Å². The predicted molar refractivity (Wildman–Crippen MR) is 100 cm³/mol. The highest BCUT2D eigenvalue weighted by molar-refractivity contribution is 6.03. The summed E-state index contributed by atoms with van der Waals surface area (Å²) in [6, 6.07) is 5.55. The van der Waals surface area contributed by atoms with E-state index in [0.717, 1.165) is 23.6 Å². The maximum Gasteiger partial charge on any atom is 0.252 e. The molecule has 0 aliphatic rings. The van der Waals surface area contributed by atoms with Crippen LogP contribution >= 0.6 is 0 Å². The molecule has 0 aromatic carbocycles. The van der Waals surface area contributed by atoms with E-state index < -0.39 is 0 Å². The normalized spacial score (nSPS) is 11.3. The molecule has 0 aliphatic heterocycles. The van der Waals surface area contributed by atoms with Crippen LogP contribution in [0.1, 0.15) is 22.8 Å². The lowest BCUT2D eigenvalue weighted by atomic mass is 10.2. The van der Waals surface area contributed by atoms with E-state index in [9.17, 15) is 4.79 Å². The number of hydrogen-bond acceptors (Lipinski definition) is 5. The Kier molecular flexibility index (Phi) is 6.36. The lowest BCUT2D eigenvalue weighted by Crippen LogP contribution is -2.36. The first kappa shape index (κ1) is 18.7. The largest absolute Gasteiger partial charge is 0.308 e. The van der Waals surface area contributed by atoms with Crippen LogP contribution < -0.4 is 4.90 Å². The Balaban J connectivity index is 2.23. The summed E-state index contributed by atoms with van der Waals surface area (Å²) < 4.78 is 0. The molecule has 2 aromatic rings. The molecule has 0 atom stereocenters. The molecule has 132 valence electrons. The smallest absolute Gasteiger partial charge is 0.252 e. The van der Waals surface area contributed by atoms with E-state index in [1.54, 1.807) is 17.2 Å². The third-order valence-electron chi connectivity index (χ3n) is 3.86. The highest BCUT2D eigenvalue weighted by atomic mass is 16.2. The molecule has 0 radical (unpaired) electrons. The van der Waals surface area contributed by atoms with E-state index in [0.29, 0.717) is 18.1 Å². The van der Waals surface area contributed by atoms with Crippen LogP contribution in [0.25, 0.3) is 6.08 Å². The minimum atomic E-state index is -0.125. The molecule has 0 aliphatic carbocycles. The van der Waals surface area contributed by atoms with Crippen molar-refractivity contribution in [1.29, 1.82) is 0 Å². The lowest BCUT2D eigenvalue weighted by Gasteiger charge is -2.22. The SMILES string of the molecule is Cc1nc(C)c(/C=C/C(=O)N(CCN(C)C)c2ccccn2)nc1C. The number of carbonyl (C=O) groups excluding carboxylic acids is 1. The molecule has 0 saturated carbocycles. The van der Waals surface area contributed by atoms with Crippen LogP contribution in [0.5, 0.6) is 0 Å².